The van der Waals surface area contributed by atoms with E-state index in [1.807, 2.05) is 26.2 Å². The summed E-state index contributed by atoms with van der Waals surface area (Å²) in [6.07, 6.45) is 4.33. The van der Waals surface area contributed by atoms with Crippen molar-refractivity contribution in [1.82, 2.24) is 0 Å². The first kappa shape index (κ1) is 19.1. The SMILES string of the molecule is C=C/C(=C\SC)SCC(COC)OCC1CO1.CC. The van der Waals surface area contributed by atoms with Crippen molar-refractivity contribution >= 4 is 23.5 Å². The number of ether oxygens (including phenoxy) is 3. The third-order valence-corrected chi connectivity index (χ3v) is 3.94. The summed E-state index contributed by atoms with van der Waals surface area (Å²) in [4.78, 5) is 1.17. The minimum absolute atomic E-state index is 0.111. The first-order valence-electron chi connectivity index (χ1n) is 6.50. The average molecular weight is 306 g/mol. The maximum absolute atomic E-state index is 5.74. The van der Waals surface area contributed by atoms with Gasteiger partial charge in [0.1, 0.15) is 6.10 Å². The second kappa shape index (κ2) is 13.1. The summed E-state index contributed by atoms with van der Waals surface area (Å²) in [5.41, 5.74) is 0. The Labute approximate surface area is 126 Å². The molecule has 0 aromatic rings. The maximum atomic E-state index is 5.74. The first-order chi connectivity index (χ1) is 9.30. The summed E-state index contributed by atoms with van der Waals surface area (Å²) in [6.45, 7) is 9.91. The number of hydrogen-bond donors (Lipinski definition) is 0. The van der Waals surface area contributed by atoms with Gasteiger partial charge in [0.25, 0.3) is 0 Å². The highest BCUT2D eigenvalue weighted by Crippen LogP contribution is 2.22. The minimum atomic E-state index is 0.111. The summed E-state index contributed by atoms with van der Waals surface area (Å²) in [7, 11) is 1.70. The van der Waals surface area contributed by atoms with Gasteiger partial charge in [0.2, 0.25) is 0 Å². The smallest absolute Gasteiger partial charge is 0.104 e. The Hall–Kier alpha value is 0.0600. The molecule has 0 aromatic heterocycles. The molecule has 112 valence electrons. The number of rotatable bonds is 10. The second-order valence-electron chi connectivity index (χ2n) is 3.64. The molecule has 0 aromatic carbocycles. The molecule has 0 saturated carbocycles. The Morgan fingerprint density at radius 1 is 1.53 bits per heavy atom. The highest BCUT2D eigenvalue weighted by atomic mass is 32.2. The minimum Gasteiger partial charge on any atom is -0.382 e. The lowest BCUT2D eigenvalue weighted by atomic mass is 10.4. The first-order valence-corrected chi connectivity index (χ1v) is 8.77. The Morgan fingerprint density at radius 3 is 2.68 bits per heavy atom. The Kier molecular flexibility index (Phi) is 13.1. The molecule has 0 aliphatic carbocycles. The third-order valence-electron chi connectivity index (χ3n) is 2.14. The van der Waals surface area contributed by atoms with Gasteiger partial charge in [0.05, 0.1) is 25.9 Å². The van der Waals surface area contributed by atoms with Crippen molar-refractivity contribution < 1.29 is 14.2 Å². The van der Waals surface area contributed by atoms with Gasteiger partial charge < -0.3 is 14.2 Å². The lowest BCUT2D eigenvalue weighted by Crippen LogP contribution is -2.24. The lowest BCUT2D eigenvalue weighted by Gasteiger charge is -2.16. The molecule has 1 rings (SSSR count). The van der Waals surface area contributed by atoms with Crippen LogP contribution in [0.25, 0.3) is 0 Å². The quantitative estimate of drug-likeness (QED) is 0.455. The fourth-order valence-corrected chi connectivity index (χ4v) is 2.76. The summed E-state index contributed by atoms with van der Waals surface area (Å²) < 4.78 is 16.0. The van der Waals surface area contributed by atoms with E-state index in [2.05, 4.69) is 12.0 Å². The summed E-state index contributed by atoms with van der Waals surface area (Å²) in [5.74, 6) is 0.874. The molecule has 0 spiro atoms. The van der Waals surface area contributed by atoms with E-state index in [4.69, 9.17) is 14.2 Å². The molecule has 1 aliphatic heterocycles. The van der Waals surface area contributed by atoms with Crippen LogP contribution in [-0.2, 0) is 14.2 Å². The van der Waals surface area contributed by atoms with Gasteiger partial charge in [-0.1, -0.05) is 26.5 Å². The number of epoxide rings is 1. The van der Waals surface area contributed by atoms with E-state index in [0.717, 1.165) is 12.4 Å². The van der Waals surface area contributed by atoms with Gasteiger partial charge in [-0.3, -0.25) is 0 Å². The molecule has 0 bridgehead atoms. The topological polar surface area (TPSA) is 31.0 Å². The molecule has 3 nitrogen and oxygen atoms in total. The maximum Gasteiger partial charge on any atom is 0.104 e. The summed E-state index contributed by atoms with van der Waals surface area (Å²) >= 11 is 3.42. The zero-order chi connectivity index (χ0) is 14.5. The van der Waals surface area contributed by atoms with Crippen molar-refractivity contribution in [3.05, 3.63) is 23.0 Å². The van der Waals surface area contributed by atoms with Gasteiger partial charge in [0.15, 0.2) is 0 Å². The van der Waals surface area contributed by atoms with Crippen molar-refractivity contribution in [3.63, 3.8) is 0 Å². The molecule has 0 N–H and O–H groups in total. The van der Waals surface area contributed by atoms with Crippen molar-refractivity contribution in [3.8, 4) is 0 Å². The fourth-order valence-electron chi connectivity index (χ4n) is 1.18. The molecule has 19 heavy (non-hydrogen) atoms. The van der Waals surface area contributed by atoms with E-state index >= 15 is 0 Å². The molecule has 5 heteroatoms. The van der Waals surface area contributed by atoms with Crippen LogP contribution >= 0.6 is 23.5 Å². The number of methoxy groups -OCH3 is 1. The van der Waals surface area contributed by atoms with Crippen LogP contribution in [0.4, 0.5) is 0 Å². The van der Waals surface area contributed by atoms with E-state index in [0.29, 0.717) is 19.3 Å². The Bertz CT molecular complexity index is 253. The average Bonchev–Trinajstić information content (AvgIpc) is 3.26. The zero-order valence-corrected chi connectivity index (χ0v) is 14.0. The van der Waals surface area contributed by atoms with Crippen LogP contribution in [0.5, 0.6) is 0 Å². The van der Waals surface area contributed by atoms with E-state index < -0.39 is 0 Å². The predicted molar refractivity (Wildman–Crippen MR) is 87.0 cm³/mol. The fraction of sp³-hybridized carbons (Fsp3) is 0.714. The van der Waals surface area contributed by atoms with Crippen molar-refractivity contribution in [1.29, 1.82) is 0 Å². The predicted octanol–water partition coefficient (Wildman–Crippen LogP) is 3.57. The zero-order valence-electron chi connectivity index (χ0n) is 12.4. The number of hydrogen-bond acceptors (Lipinski definition) is 5. The summed E-state index contributed by atoms with van der Waals surface area (Å²) in [5, 5.41) is 2.09. The van der Waals surface area contributed by atoms with E-state index in [9.17, 15) is 0 Å². The molecule has 1 heterocycles. The highest BCUT2D eigenvalue weighted by Gasteiger charge is 2.24. The van der Waals surface area contributed by atoms with Crippen molar-refractivity contribution in [2.45, 2.75) is 26.1 Å². The Morgan fingerprint density at radius 2 is 2.21 bits per heavy atom. The van der Waals surface area contributed by atoms with Crippen LogP contribution < -0.4 is 0 Å². The van der Waals surface area contributed by atoms with Crippen LogP contribution in [0.15, 0.2) is 23.0 Å². The van der Waals surface area contributed by atoms with Crippen LogP contribution in [0.2, 0.25) is 0 Å². The van der Waals surface area contributed by atoms with Gasteiger partial charge in [-0.25, -0.2) is 0 Å². The molecular weight excluding hydrogens is 280 g/mol. The summed E-state index contributed by atoms with van der Waals surface area (Å²) in [6, 6.07) is 0. The Balaban J connectivity index is 0.00000154. The molecular formula is C14H26O3S2. The van der Waals surface area contributed by atoms with E-state index in [-0.39, 0.29) is 6.10 Å². The van der Waals surface area contributed by atoms with Gasteiger partial charge in [-0.15, -0.1) is 23.5 Å². The van der Waals surface area contributed by atoms with Crippen LogP contribution in [-0.4, -0.2) is 51.1 Å². The van der Waals surface area contributed by atoms with Gasteiger partial charge in [-0.2, -0.15) is 0 Å². The van der Waals surface area contributed by atoms with Crippen LogP contribution in [0.3, 0.4) is 0 Å². The van der Waals surface area contributed by atoms with Crippen molar-refractivity contribution in [2.24, 2.45) is 0 Å². The van der Waals surface area contributed by atoms with E-state index in [1.54, 1.807) is 30.6 Å². The normalized spacial score (nSPS) is 19.4. The molecule has 1 fully saturated rings. The molecule has 0 radical (unpaired) electrons. The molecule has 1 aliphatic rings. The van der Waals surface area contributed by atoms with Gasteiger partial charge in [-0.05, 0) is 11.7 Å². The monoisotopic (exact) mass is 306 g/mol. The van der Waals surface area contributed by atoms with Crippen LogP contribution in [0, 0.1) is 0 Å². The number of thioether (sulfide) groups is 2. The molecule has 1 saturated heterocycles. The molecule has 0 amide bonds. The molecule has 2 atom stereocenters. The van der Waals surface area contributed by atoms with Crippen molar-refractivity contribution in [2.75, 3.05) is 38.9 Å². The highest BCUT2D eigenvalue weighted by molar-refractivity contribution is 8.06. The lowest BCUT2D eigenvalue weighted by molar-refractivity contribution is 0.00571. The van der Waals surface area contributed by atoms with Gasteiger partial charge in [0, 0.05) is 17.8 Å². The van der Waals surface area contributed by atoms with Gasteiger partial charge >= 0.3 is 0 Å². The standard InChI is InChI=1S/C12H20O3S2.C2H6/c1-4-12(9-16-3)17-8-11(5-13-2)15-7-10-6-14-10;1-2/h4,9-11H,1,5-8H2,2-3H3;1-2H3/b12-9+;. The van der Waals surface area contributed by atoms with E-state index in [1.165, 1.54) is 4.91 Å². The van der Waals surface area contributed by atoms with Crippen LogP contribution in [0.1, 0.15) is 13.8 Å². The number of allylic oxidation sites excluding steroid dienone is 1. The largest absolute Gasteiger partial charge is 0.382 e. The molecule has 2 unspecified atom stereocenters. The third kappa shape index (κ3) is 10.5. The second-order valence-corrected chi connectivity index (χ2v) is 5.44.